The molecule has 3 heterocycles. The highest BCUT2D eigenvalue weighted by atomic mass is 15.0. The Hall–Kier alpha value is -7.56. The van der Waals surface area contributed by atoms with E-state index in [4.69, 9.17) is 9.97 Å². The molecule has 0 amide bonds. The Labute approximate surface area is 324 Å². The molecule has 11 aromatic rings. The van der Waals surface area contributed by atoms with Crippen LogP contribution in [0.25, 0.3) is 100 Å². The van der Waals surface area contributed by atoms with Crippen LogP contribution in [0.5, 0.6) is 0 Å². The zero-order chi connectivity index (χ0) is 37.0. The molecule has 11 rings (SSSR count). The van der Waals surface area contributed by atoms with E-state index in [9.17, 15) is 0 Å². The van der Waals surface area contributed by atoms with Crippen LogP contribution in [-0.4, -0.2) is 19.1 Å². The van der Waals surface area contributed by atoms with Gasteiger partial charge < -0.3 is 9.13 Å². The summed E-state index contributed by atoms with van der Waals surface area (Å²) in [4.78, 5) is 10.4. The first-order valence-electron chi connectivity index (χ1n) is 19.0. The van der Waals surface area contributed by atoms with Gasteiger partial charge in [0.15, 0.2) is 5.82 Å². The van der Waals surface area contributed by atoms with Crippen LogP contribution in [0.15, 0.2) is 206 Å². The normalized spacial score (nSPS) is 11.6. The number of fused-ring (bicyclic) bond motifs is 6. The summed E-state index contributed by atoms with van der Waals surface area (Å²) >= 11 is 0. The molecular formula is C52H34N4. The fraction of sp³-hybridized carbons (Fsp3) is 0. The molecular weight excluding hydrogens is 681 g/mol. The highest BCUT2D eigenvalue weighted by molar-refractivity contribution is 6.11. The number of hydrogen-bond donors (Lipinski definition) is 0. The zero-order valence-electron chi connectivity index (χ0n) is 30.4. The van der Waals surface area contributed by atoms with Crippen molar-refractivity contribution in [3.05, 3.63) is 206 Å². The van der Waals surface area contributed by atoms with Gasteiger partial charge in [-0.05, 0) is 65.7 Å². The van der Waals surface area contributed by atoms with Gasteiger partial charge in [0.25, 0.3) is 0 Å². The van der Waals surface area contributed by atoms with Gasteiger partial charge in [-0.3, -0.25) is 0 Å². The number of aromatic nitrogens is 4. The van der Waals surface area contributed by atoms with Crippen LogP contribution in [0.2, 0.25) is 0 Å². The van der Waals surface area contributed by atoms with E-state index in [1.54, 1.807) is 0 Å². The van der Waals surface area contributed by atoms with E-state index in [0.29, 0.717) is 5.82 Å². The van der Waals surface area contributed by atoms with E-state index in [1.165, 1.54) is 38.1 Å². The van der Waals surface area contributed by atoms with Crippen molar-refractivity contribution in [3.63, 3.8) is 0 Å². The molecule has 0 N–H and O–H groups in total. The summed E-state index contributed by atoms with van der Waals surface area (Å²) in [6.45, 7) is 0. The molecule has 8 aromatic carbocycles. The fourth-order valence-corrected chi connectivity index (χ4v) is 8.40. The molecule has 0 saturated carbocycles. The van der Waals surface area contributed by atoms with Crippen LogP contribution in [-0.2, 0) is 0 Å². The second-order valence-corrected chi connectivity index (χ2v) is 14.2. The molecule has 0 radical (unpaired) electrons. The molecule has 4 heteroatoms. The summed E-state index contributed by atoms with van der Waals surface area (Å²) in [7, 11) is 0. The first kappa shape index (κ1) is 31.9. The largest absolute Gasteiger partial charge is 0.309 e. The Morgan fingerprint density at radius 2 is 0.732 bits per heavy atom. The number of hydrogen-bond acceptors (Lipinski definition) is 2. The quantitative estimate of drug-likeness (QED) is 0.172. The van der Waals surface area contributed by atoms with Crippen molar-refractivity contribution in [1.82, 2.24) is 19.1 Å². The summed E-state index contributed by atoms with van der Waals surface area (Å²) in [5.74, 6) is 0.699. The molecule has 56 heavy (non-hydrogen) atoms. The van der Waals surface area contributed by atoms with Gasteiger partial charge >= 0.3 is 0 Å². The van der Waals surface area contributed by atoms with Crippen LogP contribution in [0.3, 0.4) is 0 Å². The lowest BCUT2D eigenvalue weighted by atomic mass is 9.97. The molecule has 4 nitrogen and oxygen atoms in total. The highest BCUT2D eigenvalue weighted by Crippen LogP contribution is 2.39. The first-order chi connectivity index (χ1) is 27.8. The molecule has 0 unspecified atom stereocenters. The summed E-state index contributed by atoms with van der Waals surface area (Å²) in [5, 5.41) is 4.91. The molecule has 0 aliphatic carbocycles. The van der Waals surface area contributed by atoms with E-state index >= 15 is 0 Å². The first-order valence-corrected chi connectivity index (χ1v) is 19.0. The number of benzene rings is 8. The average molecular weight is 715 g/mol. The second kappa shape index (κ2) is 13.1. The smallest absolute Gasteiger partial charge is 0.161 e. The van der Waals surface area contributed by atoms with Crippen LogP contribution in [0, 0.1) is 0 Å². The van der Waals surface area contributed by atoms with Crippen LogP contribution >= 0.6 is 0 Å². The summed E-state index contributed by atoms with van der Waals surface area (Å²) < 4.78 is 4.78. The van der Waals surface area contributed by atoms with Gasteiger partial charge in [-0.25, -0.2) is 9.97 Å². The summed E-state index contributed by atoms with van der Waals surface area (Å²) in [5.41, 5.74) is 14.1. The molecule has 0 atom stereocenters. The summed E-state index contributed by atoms with van der Waals surface area (Å²) in [6, 6.07) is 73.2. The van der Waals surface area contributed by atoms with Crippen molar-refractivity contribution in [1.29, 1.82) is 0 Å². The Morgan fingerprint density at radius 3 is 1.29 bits per heavy atom. The molecule has 0 aliphatic heterocycles. The third-order valence-corrected chi connectivity index (χ3v) is 10.9. The van der Waals surface area contributed by atoms with Crippen molar-refractivity contribution < 1.29 is 0 Å². The second-order valence-electron chi connectivity index (χ2n) is 14.2. The molecule has 262 valence electrons. The van der Waals surface area contributed by atoms with Crippen molar-refractivity contribution in [2.75, 3.05) is 0 Å². The van der Waals surface area contributed by atoms with Crippen LogP contribution < -0.4 is 0 Å². The molecule has 0 aliphatic rings. The van der Waals surface area contributed by atoms with Crippen LogP contribution in [0.1, 0.15) is 0 Å². The molecule has 0 saturated heterocycles. The molecule has 0 fully saturated rings. The van der Waals surface area contributed by atoms with Crippen molar-refractivity contribution in [2.24, 2.45) is 0 Å². The summed E-state index contributed by atoms with van der Waals surface area (Å²) in [6.07, 6.45) is 0. The standard InChI is InChI=1S/C52H34N4/c1-3-16-35(17-4-1)46-34-47(36-18-5-2-6-19-36)54-52(53-46)44-26-8-7-22-40(44)37-30-31-51-45(32-37)43-25-11-14-29-50(43)56(51)39-21-15-20-38(33-39)55-48-27-12-9-23-41(48)42-24-10-13-28-49(42)55/h1-34H. The average Bonchev–Trinajstić information content (AvgIpc) is 3.80. The minimum absolute atomic E-state index is 0.699. The van der Waals surface area contributed by atoms with Crippen molar-refractivity contribution in [2.45, 2.75) is 0 Å². The molecule has 0 bridgehead atoms. The number of nitrogens with zero attached hydrogens (tertiary/aromatic N) is 4. The predicted molar refractivity (Wildman–Crippen MR) is 232 cm³/mol. The van der Waals surface area contributed by atoms with Gasteiger partial charge in [-0.1, -0.05) is 152 Å². The van der Waals surface area contributed by atoms with Gasteiger partial charge in [0, 0.05) is 49.6 Å². The predicted octanol–water partition coefficient (Wildman–Crippen LogP) is 13.3. The van der Waals surface area contributed by atoms with E-state index in [0.717, 1.165) is 56.1 Å². The topological polar surface area (TPSA) is 35.6 Å². The Morgan fingerprint density at radius 1 is 0.286 bits per heavy atom. The Balaban J connectivity index is 1.07. The van der Waals surface area contributed by atoms with Crippen molar-refractivity contribution in [3.8, 4) is 56.4 Å². The maximum atomic E-state index is 5.19. The lowest BCUT2D eigenvalue weighted by Crippen LogP contribution is -1.98. The van der Waals surface area contributed by atoms with E-state index in [2.05, 4.69) is 203 Å². The highest BCUT2D eigenvalue weighted by Gasteiger charge is 2.18. The van der Waals surface area contributed by atoms with E-state index in [1.807, 2.05) is 12.1 Å². The van der Waals surface area contributed by atoms with Gasteiger partial charge in [0.2, 0.25) is 0 Å². The maximum absolute atomic E-state index is 5.19. The van der Waals surface area contributed by atoms with Crippen LogP contribution in [0.4, 0.5) is 0 Å². The third-order valence-electron chi connectivity index (χ3n) is 10.9. The van der Waals surface area contributed by atoms with Gasteiger partial charge in [0.05, 0.1) is 33.5 Å². The minimum Gasteiger partial charge on any atom is -0.309 e. The lowest BCUT2D eigenvalue weighted by molar-refractivity contribution is 1.13. The Bertz CT molecular complexity index is 3140. The van der Waals surface area contributed by atoms with E-state index < -0.39 is 0 Å². The van der Waals surface area contributed by atoms with Gasteiger partial charge in [0.1, 0.15) is 0 Å². The lowest BCUT2D eigenvalue weighted by Gasteiger charge is -2.14. The molecule has 3 aromatic heterocycles. The van der Waals surface area contributed by atoms with Crippen molar-refractivity contribution >= 4 is 43.6 Å². The Kier molecular flexibility index (Phi) is 7.46. The molecule has 0 spiro atoms. The fourth-order valence-electron chi connectivity index (χ4n) is 8.40. The monoisotopic (exact) mass is 714 g/mol. The SMILES string of the molecule is c1ccc(-c2cc(-c3ccccc3)nc(-c3ccccc3-c3ccc4c(c3)c3ccccc3n4-c3cccc(-n4c5ccccc5c5ccccc54)c3)n2)cc1. The third kappa shape index (κ3) is 5.23. The number of para-hydroxylation sites is 3. The minimum atomic E-state index is 0.699. The van der Waals surface area contributed by atoms with E-state index in [-0.39, 0.29) is 0 Å². The number of rotatable bonds is 6. The van der Waals surface area contributed by atoms with Gasteiger partial charge in [-0.2, -0.15) is 0 Å². The van der Waals surface area contributed by atoms with Gasteiger partial charge in [-0.15, -0.1) is 0 Å². The maximum Gasteiger partial charge on any atom is 0.161 e. The zero-order valence-corrected chi connectivity index (χ0v) is 30.4.